The van der Waals surface area contributed by atoms with Crippen molar-refractivity contribution in [1.82, 2.24) is 9.62 Å². The third-order valence-electron chi connectivity index (χ3n) is 5.39. The minimum Gasteiger partial charge on any atom is -0.496 e. The molecule has 9 heteroatoms. The molecule has 1 fully saturated rings. The average molecular weight is 463 g/mol. The molecule has 0 aromatic heterocycles. The number of carbonyl (C=O) groups excluding carboxylic acids is 1. The molecule has 2 aromatic rings. The highest BCUT2D eigenvalue weighted by molar-refractivity contribution is 7.89. The molecule has 1 N–H and O–H groups in total. The Hall–Kier alpha value is -2.78. The summed E-state index contributed by atoms with van der Waals surface area (Å²) in [6.45, 7) is 1.13. The maximum absolute atomic E-state index is 12.8. The van der Waals surface area contributed by atoms with Crippen LogP contribution < -0.4 is 19.5 Å². The van der Waals surface area contributed by atoms with Crippen LogP contribution in [0, 0.1) is 0 Å². The van der Waals surface area contributed by atoms with Crippen molar-refractivity contribution in [3.05, 3.63) is 48.0 Å². The predicted molar refractivity (Wildman–Crippen MR) is 121 cm³/mol. The van der Waals surface area contributed by atoms with Gasteiger partial charge in [0, 0.05) is 13.1 Å². The first-order chi connectivity index (χ1) is 15.5. The average Bonchev–Trinajstić information content (AvgIpc) is 3.11. The van der Waals surface area contributed by atoms with E-state index < -0.39 is 10.0 Å². The van der Waals surface area contributed by atoms with E-state index in [4.69, 9.17) is 14.2 Å². The van der Waals surface area contributed by atoms with Gasteiger partial charge in [0.25, 0.3) is 5.91 Å². The first-order valence-electron chi connectivity index (χ1n) is 10.7. The van der Waals surface area contributed by atoms with Crippen LogP contribution in [-0.2, 0) is 21.4 Å². The van der Waals surface area contributed by atoms with Crippen molar-refractivity contribution in [1.29, 1.82) is 0 Å². The highest BCUT2D eigenvalue weighted by Gasteiger charge is 2.25. The number of rotatable bonds is 9. The number of hydrogen-bond acceptors (Lipinski definition) is 6. The molecule has 174 valence electrons. The van der Waals surface area contributed by atoms with Gasteiger partial charge < -0.3 is 19.5 Å². The van der Waals surface area contributed by atoms with Gasteiger partial charge in [-0.05, 0) is 49.2 Å². The van der Waals surface area contributed by atoms with Crippen LogP contribution in [0.2, 0.25) is 0 Å². The fraction of sp³-hybridized carbons (Fsp3) is 0.435. The van der Waals surface area contributed by atoms with Gasteiger partial charge in [-0.25, -0.2) is 8.42 Å². The van der Waals surface area contributed by atoms with E-state index in [1.54, 1.807) is 42.8 Å². The Bertz CT molecular complexity index is 977. The monoisotopic (exact) mass is 462 g/mol. The third kappa shape index (κ3) is 5.92. The van der Waals surface area contributed by atoms with Gasteiger partial charge in [0.15, 0.2) is 6.61 Å². The molecule has 0 atom stereocenters. The van der Waals surface area contributed by atoms with Crippen LogP contribution in [0.25, 0.3) is 0 Å². The number of hydrogen-bond donors (Lipinski definition) is 1. The number of amides is 1. The van der Waals surface area contributed by atoms with E-state index in [2.05, 4.69) is 5.32 Å². The molecule has 1 saturated heterocycles. The van der Waals surface area contributed by atoms with Gasteiger partial charge >= 0.3 is 0 Å². The Kier molecular flexibility index (Phi) is 8.35. The van der Waals surface area contributed by atoms with Crippen molar-refractivity contribution >= 4 is 15.9 Å². The van der Waals surface area contributed by atoms with Crippen molar-refractivity contribution in [2.24, 2.45) is 0 Å². The fourth-order valence-electron chi connectivity index (χ4n) is 3.63. The van der Waals surface area contributed by atoms with Gasteiger partial charge in [-0.15, -0.1) is 0 Å². The second-order valence-corrected chi connectivity index (χ2v) is 9.43. The maximum Gasteiger partial charge on any atom is 0.258 e. The van der Waals surface area contributed by atoms with Gasteiger partial charge in [-0.1, -0.05) is 18.9 Å². The Morgan fingerprint density at radius 2 is 1.53 bits per heavy atom. The van der Waals surface area contributed by atoms with Crippen LogP contribution in [0.3, 0.4) is 0 Å². The zero-order chi connectivity index (χ0) is 23.0. The number of ether oxygens (including phenoxy) is 3. The third-order valence-corrected chi connectivity index (χ3v) is 7.30. The van der Waals surface area contributed by atoms with E-state index in [-0.39, 0.29) is 24.0 Å². The van der Waals surface area contributed by atoms with Gasteiger partial charge in [0.1, 0.15) is 17.2 Å². The largest absolute Gasteiger partial charge is 0.496 e. The molecular weight excluding hydrogens is 432 g/mol. The summed E-state index contributed by atoms with van der Waals surface area (Å²) in [7, 11) is -0.400. The van der Waals surface area contributed by atoms with Crippen LogP contribution in [0.4, 0.5) is 0 Å². The highest BCUT2D eigenvalue weighted by atomic mass is 32.2. The van der Waals surface area contributed by atoms with E-state index in [0.29, 0.717) is 30.3 Å². The topological polar surface area (TPSA) is 94.2 Å². The summed E-state index contributed by atoms with van der Waals surface area (Å²) in [5, 5.41) is 2.78. The lowest BCUT2D eigenvalue weighted by molar-refractivity contribution is -0.123. The van der Waals surface area contributed by atoms with E-state index >= 15 is 0 Å². The normalized spacial score (nSPS) is 14.9. The van der Waals surface area contributed by atoms with E-state index in [0.717, 1.165) is 31.2 Å². The van der Waals surface area contributed by atoms with Crippen molar-refractivity contribution in [3.63, 3.8) is 0 Å². The van der Waals surface area contributed by atoms with Gasteiger partial charge in [0.2, 0.25) is 10.0 Å². The molecular formula is C23H30N2O6S. The van der Waals surface area contributed by atoms with Crippen molar-refractivity contribution in [2.45, 2.75) is 37.1 Å². The minimum atomic E-state index is -3.51. The number of sulfonamides is 1. The first kappa shape index (κ1) is 23.9. The summed E-state index contributed by atoms with van der Waals surface area (Å²) < 4.78 is 43.4. The fourth-order valence-corrected chi connectivity index (χ4v) is 5.15. The van der Waals surface area contributed by atoms with Gasteiger partial charge in [0.05, 0.1) is 31.2 Å². The van der Waals surface area contributed by atoms with Gasteiger partial charge in [-0.3, -0.25) is 4.79 Å². The molecule has 0 saturated carbocycles. The van der Waals surface area contributed by atoms with Gasteiger partial charge in [-0.2, -0.15) is 4.31 Å². The lowest BCUT2D eigenvalue weighted by atomic mass is 10.1. The molecule has 1 heterocycles. The van der Waals surface area contributed by atoms with Crippen molar-refractivity contribution in [2.75, 3.05) is 33.9 Å². The van der Waals surface area contributed by atoms with Crippen molar-refractivity contribution < 1.29 is 27.4 Å². The summed E-state index contributed by atoms with van der Waals surface area (Å²) in [6, 6.07) is 11.6. The van der Waals surface area contributed by atoms with Crippen molar-refractivity contribution in [3.8, 4) is 17.2 Å². The Morgan fingerprint density at radius 1 is 0.938 bits per heavy atom. The quantitative estimate of drug-likeness (QED) is 0.616. The second kappa shape index (κ2) is 11.2. The second-order valence-electron chi connectivity index (χ2n) is 7.50. The predicted octanol–water partition coefficient (Wildman–Crippen LogP) is 2.96. The molecule has 0 bridgehead atoms. The maximum atomic E-state index is 12.8. The smallest absolute Gasteiger partial charge is 0.258 e. The van der Waals surface area contributed by atoms with E-state index in [1.165, 1.54) is 12.1 Å². The van der Waals surface area contributed by atoms with E-state index in [1.807, 2.05) is 6.07 Å². The molecule has 1 aliphatic heterocycles. The molecule has 1 aliphatic rings. The molecule has 3 rings (SSSR count). The minimum absolute atomic E-state index is 0.199. The number of nitrogens with zero attached hydrogens (tertiary/aromatic N) is 1. The summed E-state index contributed by atoms with van der Waals surface area (Å²) in [4.78, 5) is 12.5. The molecule has 0 aliphatic carbocycles. The molecule has 32 heavy (non-hydrogen) atoms. The van der Waals surface area contributed by atoms with Crippen LogP contribution in [0.5, 0.6) is 17.2 Å². The molecule has 0 spiro atoms. The molecule has 0 unspecified atom stereocenters. The van der Waals surface area contributed by atoms with Crippen LogP contribution in [0.15, 0.2) is 47.4 Å². The lowest BCUT2D eigenvalue weighted by Crippen LogP contribution is -2.31. The summed E-state index contributed by atoms with van der Waals surface area (Å²) in [5.74, 6) is 1.34. The number of carbonyl (C=O) groups is 1. The summed E-state index contributed by atoms with van der Waals surface area (Å²) in [5.41, 5.74) is 0.730. The van der Waals surface area contributed by atoms with Crippen LogP contribution >= 0.6 is 0 Å². The first-order valence-corrected chi connectivity index (χ1v) is 12.1. The summed E-state index contributed by atoms with van der Waals surface area (Å²) >= 11 is 0. The summed E-state index contributed by atoms with van der Waals surface area (Å²) in [6.07, 6.45) is 3.89. The Balaban J connectivity index is 1.55. The zero-order valence-electron chi connectivity index (χ0n) is 18.5. The molecule has 1 amide bonds. The number of nitrogens with one attached hydrogen (secondary N) is 1. The van der Waals surface area contributed by atoms with Crippen LogP contribution in [0.1, 0.15) is 31.2 Å². The molecule has 0 radical (unpaired) electrons. The molecule has 2 aromatic carbocycles. The lowest BCUT2D eigenvalue weighted by Gasteiger charge is -2.20. The SMILES string of the molecule is COc1cccc(OC)c1CNC(=O)COc1ccc(S(=O)(=O)N2CCCCCC2)cc1. The Labute approximate surface area is 189 Å². The zero-order valence-corrected chi connectivity index (χ0v) is 19.3. The highest BCUT2D eigenvalue weighted by Crippen LogP contribution is 2.28. The standard InChI is InChI=1S/C23H30N2O6S/c1-29-21-8-7-9-22(30-2)20(21)16-24-23(26)17-31-18-10-12-19(13-11-18)32(27,28)25-14-5-3-4-6-15-25/h7-13H,3-6,14-17H2,1-2H3,(H,24,26). The van der Waals surface area contributed by atoms with E-state index in [9.17, 15) is 13.2 Å². The number of methoxy groups -OCH3 is 2. The molecule has 8 nitrogen and oxygen atoms in total. The Morgan fingerprint density at radius 3 is 2.09 bits per heavy atom. The van der Waals surface area contributed by atoms with Crippen LogP contribution in [-0.4, -0.2) is 52.5 Å². The number of benzene rings is 2.